The summed E-state index contributed by atoms with van der Waals surface area (Å²) in [5.41, 5.74) is -0.0495. The van der Waals surface area contributed by atoms with Crippen molar-refractivity contribution in [2.24, 2.45) is 5.92 Å². The van der Waals surface area contributed by atoms with Crippen molar-refractivity contribution in [1.29, 1.82) is 0 Å². The maximum Gasteiger partial charge on any atom is 0.321 e. The Bertz CT molecular complexity index is 747. The lowest BCUT2D eigenvalue weighted by Gasteiger charge is -2.54. The summed E-state index contributed by atoms with van der Waals surface area (Å²) in [5.74, 6) is -1.27. The molecule has 1 spiro atoms. The number of esters is 1. The normalized spacial score (nSPS) is 20.6. The lowest BCUT2D eigenvalue weighted by molar-refractivity contribution is -0.177. The largest absolute Gasteiger partial charge is 0.497 e. The first-order valence-corrected chi connectivity index (χ1v) is 8.05. The van der Waals surface area contributed by atoms with Crippen molar-refractivity contribution in [3.05, 3.63) is 54.1 Å². The number of hydrogen-bond donors (Lipinski definition) is 0. The van der Waals surface area contributed by atoms with E-state index in [0.717, 1.165) is 11.3 Å². The smallest absolute Gasteiger partial charge is 0.321 e. The van der Waals surface area contributed by atoms with E-state index in [1.54, 1.807) is 31.1 Å². The molecule has 1 heterocycles. The molecule has 0 bridgehead atoms. The van der Waals surface area contributed by atoms with Crippen molar-refractivity contribution in [3.8, 4) is 5.75 Å². The molecule has 3 rings (SSSR count). The number of β-lactam (4-membered cyclic amide) rings is 1. The number of allylic oxidation sites excluding steroid dienone is 2. The summed E-state index contributed by atoms with van der Waals surface area (Å²) in [6.45, 7) is 2.21. The van der Waals surface area contributed by atoms with E-state index in [0.29, 0.717) is 6.54 Å². The van der Waals surface area contributed by atoms with Crippen LogP contribution in [0.2, 0.25) is 0 Å². The lowest BCUT2D eigenvalue weighted by atomic mass is 9.70. The zero-order chi connectivity index (χ0) is 18.0. The first-order valence-electron chi connectivity index (χ1n) is 8.05. The average molecular weight is 341 g/mol. The Balaban J connectivity index is 1.88. The summed E-state index contributed by atoms with van der Waals surface area (Å²) in [6, 6.07) is 7.34. The van der Waals surface area contributed by atoms with Crippen molar-refractivity contribution >= 4 is 17.7 Å². The number of benzene rings is 1. The van der Waals surface area contributed by atoms with Gasteiger partial charge < -0.3 is 14.4 Å². The van der Waals surface area contributed by atoms with Gasteiger partial charge in [0, 0.05) is 6.54 Å². The molecule has 1 aromatic rings. The topological polar surface area (TPSA) is 72.9 Å². The van der Waals surface area contributed by atoms with Gasteiger partial charge >= 0.3 is 5.97 Å². The molecule has 1 fully saturated rings. The summed E-state index contributed by atoms with van der Waals surface area (Å²) in [5, 5.41) is 0. The van der Waals surface area contributed by atoms with Crippen LogP contribution in [-0.2, 0) is 25.7 Å². The zero-order valence-corrected chi connectivity index (χ0v) is 14.1. The quantitative estimate of drug-likeness (QED) is 0.463. The van der Waals surface area contributed by atoms with Gasteiger partial charge in [0.05, 0.1) is 13.7 Å². The van der Waals surface area contributed by atoms with Gasteiger partial charge in [-0.15, -0.1) is 0 Å². The van der Waals surface area contributed by atoms with Crippen LogP contribution in [0.25, 0.3) is 0 Å². The molecule has 1 aliphatic carbocycles. The van der Waals surface area contributed by atoms with Crippen LogP contribution >= 0.6 is 0 Å². The number of amides is 1. The average Bonchev–Trinajstić information content (AvgIpc) is 2.62. The van der Waals surface area contributed by atoms with Crippen LogP contribution < -0.4 is 4.74 Å². The number of hydrogen-bond acceptors (Lipinski definition) is 5. The van der Waals surface area contributed by atoms with Crippen LogP contribution in [0, 0.1) is 5.92 Å². The summed E-state index contributed by atoms with van der Waals surface area (Å²) in [6.07, 6.45) is 6.00. The third-order valence-electron chi connectivity index (χ3n) is 4.49. The number of likely N-dealkylation sites (tertiary alicyclic amines) is 1. The Morgan fingerprint density at radius 1 is 1.16 bits per heavy atom. The molecule has 2 aliphatic rings. The molecule has 25 heavy (non-hydrogen) atoms. The van der Waals surface area contributed by atoms with Crippen molar-refractivity contribution in [2.75, 3.05) is 13.7 Å². The summed E-state index contributed by atoms with van der Waals surface area (Å²) in [7, 11) is 1.58. The van der Waals surface area contributed by atoms with E-state index < -0.39 is 17.4 Å². The van der Waals surface area contributed by atoms with Gasteiger partial charge in [-0.2, -0.15) is 0 Å². The molecule has 0 aromatic heterocycles. The second kappa shape index (κ2) is 6.55. The summed E-state index contributed by atoms with van der Waals surface area (Å²) in [4.78, 5) is 37.9. The monoisotopic (exact) mass is 341 g/mol. The van der Waals surface area contributed by atoms with Gasteiger partial charge in [-0.1, -0.05) is 12.1 Å². The maximum atomic E-state index is 12.6. The minimum Gasteiger partial charge on any atom is -0.497 e. The molecule has 1 saturated heterocycles. The predicted molar refractivity (Wildman–Crippen MR) is 89.7 cm³/mol. The fourth-order valence-electron chi connectivity index (χ4n) is 3.19. The molecule has 1 aliphatic heterocycles. The SMILES string of the molecule is CCOC(=O)C1C(=O)N(Cc2ccc(OC)cc2)C12C=CC(=O)C=C2. The van der Waals surface area contributed by atoms with Gasteiger partial charge in [-0.05, 0) is 48.9 Å². The molecule has 6 heteroatoms. The number of rotatable bonds is 5. The van der Waals surface area contributed by atoms with Crippen molar-refractivity contribution in [1.82, 2.24) is 4.90 Å². The van der Waals surface area contributed by atoms with E-state index >= 15 is 0 Å². The van der Waals surface area contributed by atoms with Gasteiger partial charge in [0.1, 0.15) is 11.3 Å². The third-order valence-corrected chi connectivity index (χ3v) is 4.49. The molecular weight excluding hydrogens is 322 g/mol. The van der Waals surface area contributed by atoms with E-state index in [1.165, 1.54) is 12.2 Å². The van der Waals surface area contributed by atoms with Gasteiger partial charge in [0.2, 0.25) is 5.91 Å². The van der Waals surface area contributed by atoms with Crippen molar-refractivity contribution in [3.63, 3.8) is 0 Å². The summed E-state index contributed by atoms with van der Waals surface area (Å²) < 4.78 is 10.2. The highest BCUT2D eigenvalue weighted by Crippen LogP contribution is 2.43. The number of ketones is 1. The number of ether oxygens (including phenoxy) is 2. The molecule has 6 nitrogen and oxygen atoms in total. The fraction of sp³-hybridized carbons (Fsp3) is 0.316. The van der Waals surface area contributed by atoms with E-state index in [-0.39, 0.29) is 18.3 Å². The van der Waals surface area contributed by atoms with Crippen LogP contribution in [0.3, 0.4) is 0 Å². The Kier molecular flexibility index (Phi) is 4.44. The van der Waals surface area contributed by atoms with E-state index in [4.69, 9.17) is 9.47 Å². The second-order valence-corrected chi connectivity index (χ2v) is 5.91. The highest BCUT2D eigenvalue weighted by Gasteiger charge is 2.62. The molecule has 1 unspecified atom stereocenters. The van der Waals surface area contributed by atoms with Gasteiger partial charge in [0.25, 0.3) is 0 Å². The van der Waals surface area contributed by atoms with Crippen LogP contribution in [0.5, 0.6) is 5.75 Å². The zero-order valence-electron chi connectivity index (χ0n) is 14.1. The fourth-order valence-corrected chi connectivity index (χ4v) is 3.19. The number of carbonyl (C=O) groups excluding carboxylic acids is 3. The van der Waals surface area contributed by atoms with Crippen molar-refractivity contribution < 1.29 is 23.9 Å². The predicted octanol–water partition coefficient (Wildman–Crippen LogP) is 1.65. The van der Waals surface area contributed by atoms with Crippen LogP contribution in [0.15, 0.2) is 48.6 Å². The van der Waals surface area contributed by atoms with Gasteiger partial charge in [0.15, 0.2) is 11.7 Å². The standard InChI is InChI=1S/C19H19NO5/c1-3-25-18(23)16-17(22)20(19(16)10-8-14(21)9-11-19)12-13-4-6-15(24-2)7-5-13/h4-11,16H,3,12H2,1-2H3. The highest BCUT2D eigenvalue weighted by molar-refractivity contribution is 6.09. The summed E-state index contributed by atoms with van der Waals surface area (Å²) >= 11 is 0. The van der Waals surface area contributed by atoms with E-state index in [2.05, 4.69) is 0 Å². The molecule has 0 saturated carbocycles. The molecule has 0 N–H and O–H groups in total. The minimum atomic E-state index is -0.953. The molecular formula is C19H19NO5. The van der Waals surface area contributed by atoms with E-state index in [1.807, 2.05) is 24.3 Å². The molecule has 1 amide bonds. The molecule has 1 atom stereocenters. The Morgan fingerprint density at radius 2 is 1.80 bits per heavy atom. The Hall–Kier alpha value is -2.89. The van der Waals surface area contributed by atoms with Crippen LogP contribution in [-0.4, -0.2) is 41.8 Å². The first-order chi connectivity index (χ1) is 12.0. The lowest BCUT2D eigenvalue weighted by Crippen LogP contribution is -2.71. The van der Waals surface area contributed by atoms with Crippen molar-refractivity contribution in [2.45, 2.75) is 19.0 Å². The maximum absolute atomic E-state index is 12.6. The van der Waals surface area contributed by atoms with Crippen LogP contribution in [0.4, 0.5) is 0 Å². The van der Waals surface area contributed by atoms with E-state index in [9.17, 15) is 14.4 Å². The number of carbonyl (C=O) groups is 3. The second-order valence-electron chi connectivity index (χ2n) is 5.91. The molecule has 1 aromatic carbocycles. The Labute approximate surface area is 145 Å². The number of methoxy groups -OCH3 is 1. The third kappa shape index (κ3) is 2.84. The molecule has 130 valence electrons. The highest BCUT2D eigenvalue weighted by atomic mass is 16.5. The van der Waals surface area contributed by atoms with Crippen LogP contribution in [0.1, 0.15) is 12.5 Å². The van der Waals surface area contributed by atoms with Gasteiger partial charge in [-0.25, -0.2) is 0 Å². The van der Waals surface area contributed by atoms with Gasteiger partial charge in [-0.3, -0.25) is 14.4 Å². The molecule has 0 radical (unpaired) electrons. The minimum absolute atomic E-state index is 0.169. The first kappa shape index (κ1) is 17.0. The number of nitrogens with zero attached hydrogens (tertiary/aromatic N) is 1. The Morgan fingerprint density at radius 3 is 2.36 bits per heavy atom.